The third-order valence-electron chi connectivity index (χ3n) is 3.06. The Balaban J connectivity index is 2.12. The molecule has 2 aromatic rings. The molecule has 0 saturated carbocycles. The summed E-state index contributed by atoms with van der Waals surface area (Å²) in [6.07, 6.45) is 0. The molecule has 0 fully saturated rings. The van der Waals surface area contributed by atoms with Gasteiger partial charge in [-0.1, -0.05) is 36.4 Å². The van der Waals surface area contributed by atoms with E-state index in [1.807, 2.05) is 37.3 Å². The number of benzene rings is 2. The standard InChI is InChI=1S/C16H16N2O2/c1-11(12-6-3-2-4-7-12)18-16(20)14-9-5-8-13(10-14)15(17)19/h2-11H,1H3,(H2,17,19)(H,18,20)/t11-/m0/s1. The molecule has 4 nitrogen and oxygen atoms in total. The van der Waals surface area contributed by atoms with Crippen molar-refractivity contribution in [2.75, 3.05) is 0 Å². The van der Waals surface area contributed by atoms with E-state index in [1.54, 1.807) is 18.2 Å². The number of hydrogen-bond acceptors (Lipinski definition) is 2. The first-order chi connectivity index (χ1) is 9.58. The molecular formula is C16H16N2O2. The highest BCUT2D eigenvalue weighted by Gasteiger charge is 2.12. The molecule has 0 radical (unpaired) electrons. The molecule has 0 saturated heterocycles. The highest BCUT2D eigenvalue weighted by Crippen LogP contribution is 2.13. The van der Waals surface area contributed by atoms with Crippen LogP contribution in [0.4, 0.5) is 0 Å². The summed E-state index contributed by atoms with van der Waals surface area (Å²) in [4.78, 5) is 23.2. The fraction of sp³-hybridized carbons (Fsp3) is 0.125. The third kappa shape index (κ3) is 3.23. The minimum atomic E-state index is -0.546. The van der Waals surface area contributed by atoms with E-state index < -0.39 is 5.91 Å². The highest BCUT2D eigenvalue weighted by molar-refractivity contribution is 5.99. The van der Waals surface area contributed by atoms with E-state index >= 15 is 0 Å². The van der Waals surface area contributed by atoms with E-state index in [4.69, 9.17) is 5.73 Å². The summed E-state index contributed by atoms with van der Waals surface area (Å²) in [5.41, 5.74) is 6.97. The van der Waals surface area contributed by atoms with Crippen molar-refractivity contribution < 1.29 is 9.59 Å². The van der Waals surface area contributed by atoms with Crippen molar-refractivity contribution in [3.63, 3.8) is 0 Å². The minimum absolute atomic E-state index is 0.110. The van der Waals surface area contributed by atoms with Crippen LogP contribution in [0.15, 0.2) is 54.6 Å². The Morgan fingerprint density at radius 3 is 2.30 bits per heavy atom. The van der Waals surface area contributed by atoms with Crippen molar-refractivity contribution in [2.24, 2.45) is 5.73 Å². The molecule has 1 atom stereocenters. The number of primary amides is 1. The van der Waals surface area contributed by atoms with Gasteiger partial charge < -0.3 is 11.1 Å². The van der Waals surface area contributed by atoms with Crippen molar-refractivity contribution >= 4 is 11.8 Å². The topological polar surface area (TPSA) is 72.2 Å². The van der Waals surface area contributed by atoms with Crippen molar-refractivity contribution in [3.8, 4) is 0 Å². The summed E-state index contributed by atoms with van der Waals surface area (Å²) in [6, 6.07) is 15.9. The second-order valence-corrected chi connectivity index (χ2v) is 4.55. The monoisotopic (exact) mass is 268 g/mol. The molecule has 0 unspecified atom stereocenters. The van der Waals surface area contributed by atoms with E-state index in [-0.39, 0.29) is 11.9 Å². The zero-order valence-electron chi connectivity index (χ0n) is 11.2. The molecule has 20 heavy (non-hydrogen) atoms. The second-order valence-electron chi connectivity index (χ2n) is 4.55. The van der Waals surface area contributed by atoms with Crippen LogP contribution < -0.4 is 11.1 Å². The number of carbonyl (C=O) groups excluding carboxylic acids is 2. The molecule has 102 valence electrons. The van der Waals surface area contributed by atoms with Gasteiger partial charge in [-0.25, -0.2) is 0 Å². The first-order valence-corrected chi connectivity index (χ1v) is 6.33. The van der Waals surface area contributed by atoms with Crippen molar-refractivity contribution in [1.29, 1.82) is 0 Å². The number of rotatable bonds is 4. The van der Waals surface area contributed by atoms with Gasteiger partial charge in [0.1, 0.15) is 0 Å². The van der Waals surface area contributed by atoms with Gasteiger partial charge in [-0.3, -0.25) is 9.59 Å². The zero-order chi connectivity index (χ0) is 14.5. The van der Waals surface area contributed by atoms with Crippen molar-refractivity contribution in [2.45, 2.75) is 13.0 Å². The average Bonchev–Trinajstić information content (AvgIpc) is 2.48. The molecule has 0 heterocycles. The Hall–Kier alpha value is -2.62. The Morgan fingerprint density at radius 2 is 1.65 bits per heavy atom. The maximum absolute atomic E-state index is 12.1. The largest absolute Gasteiger partial charge is 0.366 e. The van der Waals surface area contributed by atoms with Gasteiger partial charge in [0.05, 0.1) is 6.04 Å². The molecule has 3 N–H and O–H groups in total. The maximum Gasteiger partial charge on any atom is 0.251 e. The summed E-state index contributed by atoms with van der Waals surface area (Å²) in [7, 11) is 0. The molecule has 2 amide bonds. The Kier molecular flexibility index (Phi) is 4.15. The van der Waals surface area contributed by atoms with E-state index in [2.05, 4.69) is 5.32 Å². The minimum Gasteiger partial charge on any atom is -0.366 e. The van der Waals surface area contributed by atoms with Gasteiger partial charge in [0.2, 0.25) is 5.91 Å². The second kappa shape index (κ2) is 6.02. The molecular weight excluding hydrogens is 252 g/mol. The van der Waals surface area contributed by atoms with Crippen LogP contribution in [-0.4, -0.2) is 11.8 Å². The Bertz CT molecular complexity index is 623. The SMILES string of the molecule is C[C@H](NC(=O)c1cccc(C(N)=O)c1)c1ccccc1. The van der Waals surface area contributed by atoms with Gasteiger partial charge in [-0.2, -0.15) is 0 Å². The zero-order valence-corrected chi connectivity index (χ0v) is 11.2. The lowest BCUT2D eigenvalue weighted by Crippen LogP contribution is -2.27. The van der Waals surface area contributed by atoms with Gasteiger partial charge >= 0.3 is 0 Å². The summed E-state index contributed by atoms with van der Waals surface area (Å²) in [5, 5.41) is 2.89. The van der Waals surface area contributed by atoms with Crippen molar-refractivity contribution in [3.05, 3.63) is 71.3 Å². The van der Waals surface area contributed by atoms with Crippen LogP contribution >= 0.6 is 0 Å². The van der Waals surface area contributed by atoms with Crippen LogP contribution in [0.5, 0.6) is 0 Å². The first kappa shape index (κ1) is 13.8. The molecule has 2 rings (SSSR count). The third-order valence-corrected chi connectivity index (χ3v) is 3.06. The highest BCUT2D eigenvalue weighted by atomic mass is 16.2. The molecule has 0 bridgehead atoms. The van der Waals surface area contributed by atoms with Crippen LogP contribution in [0, 0.1) is 0 Å². The lowest BCUT2D eigenvalue weighted by atomic mass is 10.1. The van der Waals surface area contributed by atoms with Crippen molar-refractivity contribution in [1.82, 2.24) is 5.32 Å². The van der Waals surface area contributed by atoms with E-state index in [1.165, 1.54) is 6.07 Å². The van der Waals surface area contributed by atoms with E-state index in [0.29, 0.717) is 11.1 Å². The number of carbonyl (C=O) groups is 2. The molecule has 0 aliphatic rings. The predicted molar refractivity (Wildman–Crippen MR) is 77.3 cm³/mol. The van der Waals surface area contributed by atoms with Gasteiger partial charge in [-0.15, -0.1) is 0 Å². The quantitative estimate of drug-likeness (QED) is 0.892. The summed E-state index contributed by atoms with van der Waals surface area (Å²) >= 11 is 0. The normalized spacial score (nSPS) is 11.7. The summed E-state index contributed by atoms with van der Waals surface area (Å²) < 4.78 is 0. The molecule has 0 aliphatic heterocycles. The fourth-order valence-corrected chi connectivity index (χ4v) is 1.92. The molecule has 4 heteroatoms. The smallest absolute Gasteiger partial charge is 0.251 e. The fourth-order valence-electron chi connectivity index (χ4n) is 1.92. The van der Waals surface area contributed by atoms with Gasteiger partial charge in [-0.05, 0) is 30.7 Å². The van der Waals surface area contributed by atoms with E-state index in [9.17, 15) is 9.59 Å². The summed E-state index contributed by atoms with van der Waals surface area (Å²) in [6.45, 7) is 1.91. The molecule has 0 aromatic heterocycles. The number of nitrogens with two attached hydrogens (primary N) is 1. The summed E-state index contributed by atoms with van der Waals surface area (Å²) in [5.74, 6) is -0.778. The molecule has 0 aliphatic carbocycles. The number of nitrogens with one attached hydrogen (secondary N) is 1. The predicted octanol–water partition coefficient (Wildman–Crippen LogP) is 2.28. The van der Waals surface area contributed by atoms with Crippen LogP contribution in [-0.2, 0) is 0 Å². The van der Waals surface area contributed by atoms with Crippen LogP contribution in [0.25, 0.3) is 0 Å². The lowest BCUT2D eigenvalue weighted by molar-refractivity contribution is 0.0940. The number of amides is 2. The molecule has 2 aromatic carbocycles. The van der Waals surface area contributed by atoms with E-state index in [0.717, 1.165) is 5.56 Å². The average molecular weight is 268 g/mol. The van der Waals surface area contributed by atoms with Gasteiger partial charge in [0.25, 0.3) is 5.91 Å². The first-order valence-electron chi connectivity index (χ1n) is 6.33. The van der Waals surface area contributed by atoms with Crippen LogP contribution in [0.2, 0.25) is 0 Å². The lowest BCUT2D eigenvalue weighted by Gasteiger charge is -2.14. The molecule has 0 spiro atoms. The van der Waals surface area contributed by atoms with Crippen LogP contribution in [0.1, 0.15) is 39.2 Å². The van der Waals surface area contributed by atoms with Crippen LogP contribution in [0.3, 0.4) is 0 Å². The maximum atomic E-state index is 12.1. The number of hydrogen-bond donors (Lipinski definition) is 2. The van der Waals surface area contributed by atoms with Gasteiger partial charge in [0.15, 0.2) is 0 Å². The Morgan fingerprint density at radius 1 is 1.00 bits per heavy atom. The Labute approximate surface area is 117 Å². The van der Waals surface area contributed by atoms with Gasteiger partial charge in [0, 0.05) is 11.1 Å².